The lowest BCUT2D eigenvalue weighted by molar-refractivity contribution is 0.196. The third-order valence-electron chi connectivity index (χ3n) is 2.97. The van der Waals surface area contributed by atoms with E-state index in [4.69, 9.17) is 0 Å². The molecule has 4 nitrogen and oxygen atoms in total. The molecule has 1 aromatic carbocycles. The lowest BCUT2D eigenvalue weighted by Gasteiger charge is -2.35. The first kappa shape index (κ1) is 11.7. The fraction of sp³-hybridized carbons (Fsp3) is 0.417. The van der Waals surface area contributed by atoms with Crippen LogP contribution in [-0.4, -0.2) is 44.2 Å². The zero-order chi connectivity index (χ0) is 12.3. The first-order chi connectivity index (χ1) is 8.22. The molecule has 1 fully saturated rings. The van der Waals surface area contributed by atoms with Gasteiger partial charge in [-0.3, -0.25) is 0 Å². The number of benzene rings is 1. The number of rotatable bonds is 1. The Bertz CT molecular complexity index is 402. The lowest BCUT2D eigenvalue weighted by Crippen LogP contribution is -2.51. The molecule has 0 radical (unpaired) electrons. The summed E-state index contributed by atoms with van der Waals surface area (Å²) in [6.45, 7) is 2.56. The van der Waals surface area contributed by atoms with E-state index in [0.717, 1.165) is 0 Å². The van der Waals surface area contributed by atoms with Crippen LogP contribution in [0.4, 0.5) is 14.9 Å². The van der Waals surface area contributed by atoms with Crippen LogP contribution in [0.15, 0.2) is 24.3 Å². The van der Waals surface area contributed by atoms with Crippen molar-refractivity contribution in [3.63, 3.8) is 0 Å². The van der Waals surface area contributed by atoms with Crippen LogP contribution in [0.2, 0.25) is 0 Å². The predicted molar refractivity (Wildman–Crippen MR) is 64.6 cm³/mol. The molecule has 1 aliphatic rings. The molecule has 0 atom stereocenters. The fourth-order valence-corrected chi connectivity index (χ4v) is 2.02. The molecule has 0 aromatic heterocycles. The van der Waals surface area contributed by atoms with Crippen molar-refractivity contribution in [1.29, 1.82) is 0 Å². The minimum Gasteiger partial charge on any atom is -0.366 e. The Hall–Kier alpha value is -1.78. The average molecular weight is 237 g/mol. The van der Waals surface area contributed by atoms with Crippen LogP contribution in [0.3, 0.4) is 0 Å². The highest BCUT2D eigenvalue weighted by molar-refractivity contribution is 5.74. The number of piperazine rings is 1. The van der Waals surface area contributed by atoms with Crippen LogP contribution >= 0.6 is 0 Å². The van der Waals surface area contributed by atoms with Gasteiger partial charge in [0.2, 0.25) is 0 Å². The zero-order valence-corrected chi connectivity index (χ0v) is 9.82. The SMILES string of the molecule is CNC(=O)N1CCN(c2ccccc2F)CC1. The number of carbonyl (C=O) groups excluding carboxylic acids is 1. The molecule has 92 valence electrons. The van der Waals surface area contributed by atoms with E-state index in [2.05, 4.69) is 5.32 Å². The Morgan fingerprint density at radius 3 is 2.47 bits per heavy atom. The molecular formula is C12H16FN3O. The van der Waals surface area contributed by atoms with Gasteiger partial charge in [0.25, 0.3) is 0 Å². The molecule has 0 unspecified atom stereocenters. The second kappa shape index (κ2) is 5.03. The van der Waals surface area contributed by atoms with Gasteiger partial charge in [0, 0.05) is 33.2 Å². The van der Waals surface area contributed by atoms with Crippen LogP contribution in [0.5, 0.6) is 0 Å². The van der Waals surface area contributed by atoms with Crippen LogP contribution in [0.1, 0.15) is 0 Å². The van der Waals surface area contributed by atoms with E-state index >= 15 is 0 Å². The van der Waals surface area contributed by atoms with Gasteiger partial charge < -0.3 is 15.1 Å². The highest BCUT2D eigenvalue weighted by atomic mass is 19.1. The summed E-state index contributed by atoms with van der Waals surface area (Å²) in [5.74, 6) is -0.208. The standard InChI is InChI=1S/C12H16FN3O/c1-14-12(17)16-8-6-15(7-9-16)11-5-3-2-4-10(11)13/h2-5H,6-9H2,1H3,(H,14,17). The van der Waals surface area contributed by atoms with Gasteiger partial charge in [-0.15, -0.1) is 0 Å². The lowest BCUT2D eigenvalue weighted by atomic mass is 10.2. The van der Waals surface area contributed by atoms with E-state index in [1.54, 1.807) is 24.1 Å². The molecule has 0 spiro atoms. The van der Waals surface area contributed by atoms with E-state index in [1.165, 1.54) is 6.07 Å². The highest BCUT2D eigenvalue weighted by Crippen LogP contribution is 2.19. The maximum atomic E-state index is 13.6. The second-order valence-corrected chi connectivity index (χ2v) is 3.98. The van der Waals surface area contributed by atoms with E-state index in [-0.39, 0.29) is 11.8 Å². The molecule has 1 saturated heterocycles. The quantitative estimate of drug-likeness (QED) is 0.798. The van der Waals surface area contributed by atoms with Crippen molar-refractivity contribution in [3.05, 3.63) is 30.1 Å². The van der Waals surface area contributed by atoms with Gasteiger partial charge in [-0.1, -0.05) is 12.1 Å². The number of amides is 2. The van der Waals surface area contributed by atoms with Crippen molar-refractivity contribution < 1.29 is 9.18 Å². The first-order valence-electron chi connectivity index (χ1n) is 5.68. The molecule has 1 heterocycles. The number of anilines is 1. The molecule has 1 aromatic rings. The number of para-hydroxylation sites is 1. The van der Waals surface area contributed by atoms with Gasteiger partial charge in [-0.05, 0) is 12.1 Å². The summed E-state index contributed by atoms with van der Waals surface area (Å²) in [6.07, 6.45) is 0. The van der Waals surface area contributed by atoms with E-state index in [9.17, 15) is 9.18 Å². The second-order valence-electron chi connectivity index (χ2n) is 3.98. The monoisotopic (exact) mass is 237 g/mol. The summed E-state index contributed by atoms with van der Waals surface area (Å²) in [7, 11) is 1.62. The molecule has 2 amide bonds. The number of nitrogens with zero attached hydrogens (tertiary/aromatic N) is 2. The van der Waals surface area contributed by atoms with Crippen LogP contribution in [0.25, 0.3) is 0 Å². The van der Waals surface area contributed by atoms with Crippen molar-refractivity contribution in [3.8, 4) is 0 Å². The van der Waals surface area contributed by atoms with Crippen molar-refractivity contribution in [2.24, 2.45) is 0 Å². The molecule has 0 bridgehead atoms. The van der Waals surface area contributed by atoms with Gasteiger partial charge >= 0.3 is 6.03 Å². The van der Waals surface area contributed by atoms with Crippen molar-refractivity contribution in [1.82, 2.24) is 10.2 Å². The summed E-state index contributed by atoms with van der Waals surface area (Å²) in [5.41, 5.74) is 0.615. The van der Waals surface area contributed by atoms with Crippen LogP contribution in [0, 0.1) is 5.82 Å². The first-order valence-corrected chi connectivity index (χ1v) is 5.68. The van der Waals surface area contributed by atoms with E-state index in [0.29, 0.717) is 31.9 Å². The van der Waals surface area contributed by atoms with E-state index < -0.39 is 0 Å². The molecule has 17 heavy (non-hydrogen) atoms. The van der Waals surface area contributed by atoms with Gasteiger partial charge in [-0.2, -0.15) is 0 Å². The molecule has 0 aliphatic carbocycles. The number of nitrogens with one attached hydrogen (secondary N) is 1. The van der Waals surface area contributed by atoms with Crippen molar-refractivity contribution >= 4 is 11.7 Å². The van der Waals surface area contributed by atoms with E-state index in [1.807, 2.05) is 11.0 Å². The third kappa shape index (κ3) is 2.49. The van der Waals surface area contributed by atoms with Crippen LogP contribution in [-0.2, 0) is 0 Å². The maximum absolute atomic E-state index is 13.6. The maximum Gasteiger partial charge on any atom is 0.317 e. The zero-order valence-electron chi connectivity index (χ0n) is 9.82. The predicted octanol–water partition coefficient (Wildman–Crippen LogP) is 1.29. The van der Waals surface area contributed by atoms with Crippen molar-refractivity contribution in [2.45, 2.75) is 0 Å². The smallest absolute Gasteiger partial charge is 0.317 e. The Morgan fingerprint density at radius 1 is 1.24 bits per heavy atom. The fourth-order valence-electron chi connectivity index (χ4n) is 2.02. The highest BCUT2D eigenvalue weighted by Gasteiger charge is 2.21. The van der Waals surface area contributed by atoms with Gasteiger partial charge in [0.1, 0.15) is 5.82 Å². The summed E-state index contributed by atoms with van der Waals surface area (Å²) in [4.78, 5) is 15.1. The average Bonchev–Trinajstić information content (AvgIpc) is 2.39. The van der Waals surface area contributed by atoms with Gasteiger partial charge in [0.15, 0.2) is 0 Å². The minimum atomic E-state index is -0.208. The van der Waals surface area contributed by atoms with Gasteiger partial charge in [0.05, 0.1) is 5.69 Å². The molecule has 2 rings (SSSR count). The number of hydrogen-bond acceptors (Lipinski definition) is 2. The number of urea groups is 1. The molecule has 0 saturated carbocycles. The molecular weight excluding hydrogens is 221 g/mol. The Morgan fingerprint density at radius 2 is 1.88 bits per heavy atom. The summed E-state index contributed by atoms with van der Waals surface area (Å²) in [5, 5.41) is 2.60. The molecule has 1 aliphatic heterocycles. The largest absolute Gasteiger partial charge is 0.366 e. The third-order valence-corrected chi connectivity index (χ3v) is 2.97. The normalized spacial score (nSPS) is 15.9. The molecule has 5 heteroatoms. The minimum absolute atomic E-state index is 0.0711. The number of hydrogen-bond donors (Lipinski definition) is 1. The summed E-state index contributed by atoms with van der Waals surface area (Å²) >= 11 is 0. The van der Waals surface area contributed by atoms with Crippen LogP contribution < -0.4 is 10.2 Å². The Labute approximate surface area is 100 Å². The summed E-state index contributed by atoms with van der Waals surface area (Å²) < 4.78 is 13.6. The van der Waals surface area contributed by atoms with Crippen molar-refractivity contribution in [2.75, 3.05) is 38.1 Å². The summed E-state index contributed by atoms with van der Waals surface area (Å²) in [6, 6.07) is 6.66. The topological polar surface area (TPSA) is 35.6 Å². The molecule has 1 N–H and O–H groups in total. The Kier molecular flexibility index (Phi) is 3.46. The van der Waals surface area contributed by atoms with Gasteiger partial charge in [-0.25, -0.2) is 9.18 Å². The Balaban J connectivity index is 2.00. The number of carbonyl (C=O) groups is 1. The number of halogens is 1.